The van der Waals surface area contributed by atoms with Crippen LogP contribution in [0.25, 0.3) is 15.3 Å². The first-order valence-corrected chi connectivity index (χ1v) is 11.6. The molecule has 6 nitrogen and oxygen atoms in total. The Hall–Kier alpha value is -2.23. The van der Waals surface area contributed by atoms with Crippen LogP contribution in [0.3, 0.4) is 0 Å². The Morgan fingerprint density at radius 2 is 1.75 bits per heavy atom. The summed E-state index contributed by atoms with van der Waals surface area (Å²) in [4.78, 5) is 4.85. The molecule has 0 aliphatic carbocycles. The van der Waals surface area contributed by atoms with Gasteiger partial charge in [-0.15, -0.1) is 0 Å². The predicted octanol–water partition coefficient (Wildman–Crippen LogP) is 4.97. The number of aromatic nitrogens is 3. The third-order valence-electron chi connectivity index (χ3n) is 4.23. The smallest absolute Gasteiger partial charge is 0.263 e. The summed E-state index contributed by atoms with van der Waals surface area (Å²) in [7, 11) is -3.79. The average molecular weight is 477 g/mol. The monoisotopic (exact) mass is 476 g/mol. The largest absolute Gasteiger partial charge is 0.263 e. The van der Waals surface area contributed by atoms with Crippen LogP contribution in [0.1, 0.15) is 16.8 Å². The van der Waals surface area contributed by atoms with Crippen molar-refractivity contribution in [1.82, 2.24) is 14.8 Å². The second-order valence-corrected chi connectivity index (χ2v) is 10.1. The highest BCUT2D eigenvalue weighted by atomic mass is 79.9. The Bertz CT molecular complexity index is 1250. The molecule has 0 spiro atoms. The topological polar surface area (TPSA) is 76.9 Å². The van der Waals surface area contributed by atoms with E-state index >= 15 is 0 Å². The molecular weight excluding hydrogens is 460 g/mol. The van der Waals surface area contributed by atoms with E-state index in [-0.39, 0.29) is 4.90 Å². The lowest BCUT2D eigenvalue weighted by molar-refractivity contribution is 0.599. The SMILES string of the molecule is Cc1cc(NS(=O)(=O)c2c(C)cc(Br)cc2C)n(-c2nc3ccccc3s2)n1. The van der Waals surface area contributed by atoms with Gasteiger partial charge in [-0.3, -0.25) is 4.72 Å². The minimum Gasteiger partial charge on any atom is -0.263 e. The number of anilines is 1. The normalized spacial score (nSPS) is 11.9. The van der Waals surface area contributed by atoms with Gasteiger partial charge in [0.1, 0.15) is 5.82 Å². The minimum absolute atomic E-state index is 0.269. The minimum atomic E-state index is -3.79. The van der Waals surface area contributed by atoms with Gasteiger partial charge in [0.2, 0.25) is 5.13 Å². The van der Waals surface area contributed by atoms with Gasteiger partial charge in [0.15, 0.2) is 0 Å². The van der Waals surface area contributed by atoms with E-state index in [0.717, 1.165) is 14.7 Å². The zero-order valence-corrected chi connectivity index (χ0v) is 18.6. The van der Waals surface area contributed by atoms with Gasteiger partial charge in [-0.05, 0) is 56.2 Å². The lowest BCUT2D eigenvalue weighted by atomic mass is 10.2. The molecule has 2 heterocycles. The molecule has 0 aliphatic heterocycles. The lowest BCUT2D eigenvalue weighted by Crippen LogP contribution is -2.18. The molecule has 0 saturated heterocycles. The first-order valence-electron chi connectivity index (χ1n) is 8.47. The first kappa shape index (κ1) is 19.1. The number of benzene rings is 2. The molecule has 0 aliphatic rings. The van der Waals surface area contributed by atoms with Crippen molar-refractivity contribution in [2.75, 3.05) is 4.72 Å². The summed E-state index contributed by atoms with van der Waals surface area (Å²) >= 11 is 4.86. The van der Waals surface area contributed by atoms with Crippen LogP contribution < -0.4 is 4.72 Å². The number of sulfonamides is 1. The van der Waals surface area contributed by atoms with E-state index in [1.54, 1.807) is 36.7 Å². The molecule has 28 heavy (non-hydrogen) atoms. The molecule has 0 unspecified atom stereocenters. The number of fused-ring (bicyclic) bond motifs is 1. The van der Waals surface area contributed by atoms with Crippen LogP contribution in [0, 0.1) is 20.8 Å². The van der Waals surface area contributed by atoms with E-state index < -0.39 is 10.0 Å². The number of para-hydroxylation sites is 1. The maximum Gasteiger partial charge on any atom is 0.263 e. The van der Waals surface area contributed by atoms with Crippen molar-refractivity contribution in [1.29, 1.82) is 0 Å². The first-order chi connectivity index (χ1) is 13.2. The van der Waals surface area contributed by atoms with Gasteiger partial charge in [0, 0.05) is 10.5 Å². The maximum absolute atomic E-state index is 13.1. The highest BCUT2D eigenvalue weighted by Gasteiger charge is 2.23. The second kappa shape index (κ2) is 6.98. The van der Waals surface area contributed by atoms with Gasteiger partial charge in [0.05, 0.1) is 20.8 Å². The number of aryl methyl sites for hydroxylation is 3. The summed E-state index contributed by atoms with van der Waals surface area (Å²) < 4.78 is 32.4. The summed E-state index contributed by atoms with van der Waals surface area (Å²) in [6.45, 7) is 5.38. The standard InChI is InChI=1S/C19H17BrN4O2S2/c1-11-8-14(20)9-12(2)18(11)28(25,26)23-17-10-13(3)22-24(17)19-21-15-6-4-5-7-16(15)27-19/h4-10,23H,1-3H3. The molecule has 2 aromatic heterocycles. The van der Waals surface area contributed by atoms with Crippen molar-refractivity contribution in [3.05, 3.63) is 63.8 Å². The van der Waals surface area contributed by atoms with Crippen molar-refractivity contribution in [3.63, 3.8) is 0 Å². The number of hydrogen-bond donors (Lipinski definition) is 1. The van der Waals surface area contributed by atoms with Gasteiger partial charge in [0.25, 0.3) is 10.0 Å². The Balaban J connectivity index is 1.79. The summed E-state index contributed by atoms with van der Waals surface area (Å²) in [6.07, 6.45) is 0. The van der Waals surface area contributed by atoms with E-state index in [9.17, 15) is 8.42 Å². The molecule has 0 fully saturated rings. The summed E-state index contributed by atoms with van der Waals surface area (Å²) in [6, 6.07) is 13.0. The maximum atomic E-state index is 13.1. The van der Waals surface area contributed by atoms with Crippen molar-refractivity contribution >= 4 is 53.3 Å². The number of rotatable bonds is 4. The van der Waals surface area contributed by atoms with Crippen LogP contribution in [-0.2, 0) is 10.0 Å². The molecule has 0 amide bonds. The molecule has 1 N–H and O–H groups in total. The highest BCUT2D eigenvalue weighted by molar-refractivity contribution is 9.10. The van der Waals surface area contributed by atoms with Crippen LogP contribution in [0.2, 0.25) is 0 Å². The Labute approximate surface area is 175 Å². The van der Waals surface area contributed by atoms with E-state index in [0.29, 0.717) is 27.8 Å². The number of halogens is 1. The van der Waals surface area contributed by atoms with E-state index in [2.05, 4.69) is 30.7 Å². The van der Waals surface area contributed by atoms with Gasteiger partial charge in [-0.1, -0.05) is 39.4 Å². The van der Waals surface area contributed by atoms with Crippen molar-refractivity contribution in [3.8, 4) is 5.13 Å². The molecular formula is C19H17BrN4O2S2. The van der Waals surface area contributed by atoms with Crippen LogP contribution in [0.15, 0.2) is 51.8 Å². The fourth-order valence-electron chi connectivity index (χ4n) is 3.18. The molecule has 4 rings (SSSR count). The lowest BCUT2D eigenvalue weighted by Gasteiger charge is -2.13. The molecule has 9 heteroatoms. The Morgan fingerprint density at radius 3 is 2.43 bits per heavy atom. The van der Waals surface area contributed by atoms with Crippen LogP contribution in [0.4, 0.5) is 5.82 Å². The summed E-state index contributed by atoms with van der Waals surface area (Å²) in [5.41, 5.74) is 2.88. The molecule has 4 aromatic rings. The van der Waals surface area contributed by atoms with E-state index in [1.165, 1.54) is 11.3 Å². The number of thiazole rings is 1. The zero-order valence-electron chi connectivity index (χ0n) is 15.4. The number of nitrogens with one attached hydrogen (secondary N) is 1. The number of nitrogens with zero attached hydrogens (tertiary/aromatic N) is 3. The Morgan fingerprint density at radius 1 is 1.07 bits per heavy atom. The van der Waals surface area contributed by atoms with Gasteiger partial charge >= 0.3 is 0 Å². The van der Waals surface area contributed by atoms with E-state index in [1.807, 2.05) is 31.2 Å². The van der Waals surface area contributed by atoms with Gasteiger partial charge < -0.3 is 0 Å². The van der Waals surface area contributed by atoms with Crippen molar-refractivity contribution in [2.45, 2.75) is 25.7 Å². The molecule has 144 valence electrons. The van der Waals surface area contributed by atoms with Crippen LogP contribution >= 0.6 is 27.3 Å². The van der Waals surface area contributed by atoms with E-state index in [4.69, 9.17) is 0 Å². The fourth-order valence-corrected chi connectivity index (χ4v) is 6.28. The zero-order chi connectivity index (χ0) is 20.1. The van der Waals surface area contributed by atoms with Crippen molar-refractivity contribution < 1.29 is 8.42 Å². The molecule has 0 radical (unpaired) electrons. The van der Waals surface area contributed by atoms with Crippen LogP contribution in [-0.4, -0.2) is 23.2 Å². The average Bonchev–Trinajstić information content (AvgIpc) is 3.15. The highest BCUT2D eigenvalue weighted by Crippen LogP contribution is 2.30. The molecule has 0 atom stereocenters. The molecule has 0 bridgehead atoms. The summed E-state index contributed by atoms with van der Waals surface area (Å²) in [5, 5.41) is 5.05. The predicted molar refractivity (Wildman–Crippen MR) is 116 cm³/mol. The van der Waals surface area contributed by atoms with Gasteiger partial charge in [-0.25, -0.2) is 13.4 Å². The Kier molecular flexibility index (Phi) is 4.76. The number of hydrogen-bond acceptors (Lipinski definition) is 5. The second-order valence-electron chi connectivity index (χ2n) is 6.52. The third kappa shape index (κ3) is 3.45. The van der Waals surface area contributed by atoms with Crippen molar-refractivity contribution in [2.24, 2.45) is 0 Å². The quantitative estimate of drug-likeness (QED) is 0.450. The summed E-state index contributed by atoms with van der Waals surface area (Å²) in [5.74, 6) is 0.360. The molecule has 0 saturated carbocycles. The fraction of sp³-hybridized carbons (Fsp3) is 0.158. The van der Waals surface area contributed by atoms with Crippen LogP contribution in [0.5, 0.6) is 0 Å². The van der Waals surface area contributed by atoms with Gasteiger partial charge in [-0.2, -0.15) is 9.78 Å². The third-order valence-corrected chi connectivity index (χ3v) is 7.36. The molecule has 2 aromatic carbocycles.